The zero-order valence-electron chi connectivity index (χ0n) is 19.9. The summed E-state index contributed by atoms with van der Waals surface area (Å²) in [4.78, 5) is 22.7. The van der Waals surface area contributed by atoms with Gasteiger partial charge in [0.25, 0.3) is 0 Å². The number of carbonyl (C=O) groups is 2. The molecule has 0 bridgehead atoms. The van der Waals surface area contributed by atoms with E-state index in [2.05, 4.69) is 40.6 Å². The molecular weight excluding hydrogens is 462 g/mol. The number of methoxy groups -OCH3 is 1. The maximum atomic E-state index is 9.10. The summed E-state index contributed by atoms with van der Waals surface area (Å²) in [6, 6.07) is 26.3. The van der Waals surface area contributed by atoms with Crippen molar-refractivity contribution < 1.29 is 29.3 Å². The highest BCUT2D eigenvalue weighted by atomic mass is 16.5. The lowest BCUT2D eigenvalue weighted by Gasteiger charge is -2.10. The van der Waals surface area contributed by atoms with E-state index in [0.29, 0.717) is 13.2 Å². The Kier molecular flexibility index (Phi) is 9.05. The number of ether oxygens (including phenoxy) is 2. The minimum absolute atomic E-state index is 0.568. The van der Waals surface area contributed by atoms with Gasteiger partial charge in [-0.1, -0.05) is 54.6 Å². The van der Waals surface area contributed by atoms with Gasteiger partial charge in [0.2, 0.25) is 5.95 Å². The lowest BCUT2D eigenvalue weighted by molar-refractivity contribution is -0.159. The van der Waals surface area contributed by atoms with Crippen molar-refractivity contribution in [2.45, 2.75) is 13.2 Å². The van der Waals surface area contributed by atoms with Crippen molar-refractivity contribution in [1.29, 1.82) is 0 Å². The molecule has 186 valence electrons. The Bertz CT molecular complexity index is 1270. The van der Waals surface area contributed by atoms with Gasteiger partial charge in [-0.25, -0.2) is 14.6 Å². The number of aliphatic carboxylic acids is 2. The quantitative estimate of drug-likeness (QED) is 0.311. The van der Waals surface area contributed by atoms with Crippen LogP contribution in [0.15, 0.2) is 85.1 Å². The number of carboxylic acid groups (broad SMARTS) is 2. The number of nitrogens with zero attached hydrogens (tertiary/aromatic N) is 2. The van der Waals surface area contributed by atoms with E-state index in [9.17, 15) is 0 Å². The minimum atomic E-state index is -1.82. The summed E-state index contributed by atoms with van der Waals surface area (Å²) in [6.07, 6.45) is 1.87. The lowest BCUT2D eigenvalue weighted by atomic mass is 10.1. The Morgan fingerprint density at radius 1 is 0.889 bits per heavy atom. The van der Waals surface area contributed by atoms with Crippen molar-refractivity contribution in [3.63, 3.8) is 0 Å². The first-order chi connectivity index (χ1) is 17.4. The lowest BCUT2D eigenvalue weighted by Crippen LogP contribution is -2.09. The van der Waals surface area contributed by atoms with Crippen molar-refractivity contribution in [2.75, 3.05) is 12.4 Å². The number of hydrogen-bond donors (Lipinski definition) is 3. The van der Waals surface area contributed by atoms with Crippen LogP contribution in [0.4, 0.5) is 5.95 Å². The third-order valence-electron chi connectivity index (χ3n) is 5.16. The molecule has 36 heavy (non-hydrogen) atoms. The standard InChI is InChI=1S/C25H25N3O2.C2H2O4/c1-28-24(21-9-6-10-23(15-21)29-2)17-27-25(28)26-16-19-11-13-22(14-12-19)30-18-20-7-4-3-5-8-20;3-1(4)2(5)6/h3-15,17H,16,18H2,1-2H3,(H,26,27);(H,3,4)(H,5,6). The predicted molar refractivity (Wildman–Crippen MR) is 135 cm³/mol. The van der Waals surface area contributed by atoms with Crippen molar-refractivity contribution in [1.82, 2.24) is 9.55 Å². The van der Waals surface area contributed by atoms with Gasteiger partial charge in [0, 0.05) is 19.2 Å². The Morgan fingerprint density at radius 3 is 2.22 bits per heavy atom. The smallest absolute Gasteiger partial charge is 0.414 e. The molecule has 0 spiro atoms. The second-order valence-corrected chi connectivity index (χ2v) is 7.64. The summed E-state index contributed by atoms with van der Waals surface area (Å²) in [6.45, 7) is 1.25. The Balaban J connectivity index is 0.000000538. The fraction of sp³-hybridized carbons (Fsp3) is 0.148. The van der Waals surface area contributed by atoms with Gasteiger partial charge in [-0.05, 0) is 35.4 Å². The van der Waals surface area contributed by atoms with Crippen LogP contribution in [0.1, 0.15) is 11.1 Å². The van der Waals surface area contributed by atoms with Gasteiger partial charge >= 0.3 is 11.9 Å². The molecule has 4 aromatic rings. The topological polar surface area (TPSA) is 123 Å². The molecule has 0 amide bonds. The second kappa shape index (κ2) is 12.6. The molecule has 0 atom stereocenters. The molecule has 0 aliphatic rings. The van der Waals surface area contributed by atoms with Gasteiger partial charge in [0.15, 0.2) is 0 Å². The summed E-state index contributed by atoms with van der Waals surface area (Å²) in [5.41, 5.74) is 4.41. The third kappa shape index (κ3) is 7.36. The highest BCUT2D eigenvalue weighted by Gasteiger charge is 2.09. The van der Waals surface area contributed by atoms with E-state index in [-0.39, 0.29) is 0 Å². The predicted octanol–water partition coefficient (Wildman–Crippen LogP) is 4.44. The summed E-state index contributed by atoms with van der Waals surface area (Å²) >= 11 is 0. The van der Waals surface area contributed by atoms with E-state index in [1.165, 1.54) is 0 Å². The number of carboxylic acids is 2. The second-order valence-electron chi connectivity index (χ2n) is 7.64. The SMILES string of the molecule is COc1cccc(-c2cnc(NCc3ccc(OCc4ccccc4)cc3)n2C)c1.O=C(O)C(=O)O. The molecule has 9 heteroatoms. The molecule has 0 unspecified atom stereocenters. The number of hydrogen-bond acceptors (Lipinski definition) is 6. The van der Waals surface area contributed by atoms with Gasteiger partial charge in [0.05, 0.1) is 19.0 Å². The average molecular weight is 490 g/mol. The van der Waals surface area contributed by atoms with E-state index >= 15 is 0 Å². The summed E-state index contributed by atoms with van der Waals surface area (Å²) in [5.74, 6) is -1.14. The van der Waals surface area contributed by atoms with Gasteiger partial charge in [-0.3, -0.25) is 0 Å². The molecule has 0 fully saturated rings. The molecule has 0 saturated heterocycles. The van der Waals surface area contributed by atoms with Crippen LogP contribution in [0.25, 0.3) is 11.3 Å². The molecule has 3 aromatic carbocycles. The van der Waals surface area contributed by atoms with E-state index in [1.54, 1.807) is 7.11 Å². The highest BCUT2D eigenvalue weighted by Crippen LogP contribution is 2.25. The van der Waals surface area contributed by atoms with Crippen LogP contribution in [0.2, 0.25) is 0 Å². The zero-order chi connectivity index (χ0) is 25.9. The molecule has 0 aliphatic carbocycles. The fourth-order valence-corrected chi connectivity index (χ4v) is 3.25. The van der Waals surface area contributed by atoms with Crippen LogP contribution >= 0.6 is 0 Å². The zero-order valence-corrected chi connectivity index (χ0v) is 19.9. The minimum Gasteiger partial charge on any atom is -0.497 e. The molecule has 0 radical (unpaired) electrons. The highest BCUT2D eigenvalue weighted by molar-refractivity contribution is 6.27. The number of anilines is 1. The van der Waals surface area contributed by atoms with Crippen molar-refractivity contribution in [2.24, 2.45) is 7.05 Å². The summed E-state index contributed by atoms with van der Waals surface area (Å²) in [5, 5.41) is 18.2. The maximum absolute atomic E-state index is 9.10. The van der Waals surface area contributed by atoms with E-state index in [0.717, 1.165) is 39.8 Å². The van der Waals surface area contributed by atoms with Crippen LogP contribution < -0.4 is 14.8 Å². The number of nitrogens with one attached hydrogen (secondary N) is 1. The van der Waals surface area contributed by atoms with Crippen molar-refractivity contribution in [3.05, 3.63) is 96.2 Å². The first-order valence-electron chi connectivity index (χ1n) is 11.0. The normalized spacial score (nSPS) is 10.1. The van der Waals surface area contributed by atoms with Crippen molar-refractivity contribution in [3.8, 4) is 22.8 Å². The van der Waals surface area contributed by atoms with Crippen LogP contribution in [-0.2, 0) is 29.8 Å². The summed E-state index contributed by atoms with van der Waals surface area (Å²) in [7, 11) is 3.68. The monoisotopic (exact) mass is 489 g/mol. The first-order valence-corrected chi connectivity index (χ1v) is 11.0. The number of aromatic nitrogens is 2. The molecule has 1 aromatic heterocycles. The van der Waals surface area contributed by atoms with E-state index < -0.39 is 11.9 Å². The van der Waals surface area contributed by atoms with Crippen molar-refractivity contribution >= 4 is 17.9 Å². The van der Waals surface area contributed by atoms with Gasteiger partial charge in [0.1, 0.15) is 18.1 Å². The van der Waals surface area contributed by atoms with Crippen LogP contribution in [-0.4, -0.2) is 38.8 Å². The molecule has 9 nitrogen and oxygen atoms in total. The average Bonchev–Trinajstić information content (AvgIpc) is 3.27. The Labute approximate surface area is 208 Å². The largest absolute Gasteiger partial charge is 0.497 e. The third-order valence-corrected chi connectivity index (χ3v) is 5.16. The van der Waals surface area contributed by atoms with Gasteiger partial charge in [-0.15, -0.1) is 0 Å². The number of rotatable bonds is 8. The molecule has 0 saturated carbocycles. The molecule has 4 rings (SSSR count). The fourth-order valence-electron chi connectivity index (χ4n) is 3.25. The van der Waals surface area contributed by atoms with E-state index in [4.69, 9.17) is 29.3 Å². The number of benzene rings is 3. The molecular formula is C27H27N3O6. The molecule has 3 N–H and O–H groups in total. The Morgan fingerprint density at radius 2 is 1.58 bits per heavy atom. The molecule has 1 heterocycles. The maximum Gasteiger partial charge on any atom is 0.414 e. The Hall–Kier alpha value is -4.79. The molecule has 0 aliphatic heterocycles. The number of imidazole rings is 1. The van der Waals surface area contributed by atoms with Gasteiger partial charge < -0.3 is 29.6 Å². The van der Waals surface area contributed by atoms with Crippen LogP contribution in [0, 0.1) is 0 Å². The van der Waals surface area contributed by atoms with E-state index in [1.807, 2.05) is 66.3 Å². The van der Waals surface area contributed by atoms with Crippen LogP contribution in [0.5, 0.6) is 11.5 Å². The summed E-state index contributed by atoms with van der Waals surface area (Å²) < 4.78 is 13.2. The van der Waals surface area contributed by atoms with Gasteiger partial charge in [-0.2, -0.15) is 0 Å². The first kappa shape index (κ1) is 25.8. The van der Waals surface area contributed by atoms with Crippen LogP contribution in [0.3, 0.4) is 0 Å².